The van der Waals surface area contributed by atoms with E-state index in [1.807, 2.05) is 11.8 Å². The van der Waals surface area contributed by atoms with Crippen LogP contribution >= 0.6 is 0 Å². The fraction of sp³-hybridized carbons (Fsp3) is 0.933. The molecule has 0 saturated carbocycles. The Morgan fingerprint density at radius 2 is 1.91 bits per heavy atom. The smallest absolute Gasteiger partial charge is 0.317 e. The number of hydrogen-bond donors (Lipinski definition) is 1. The molecular formula is C15H29N3O4S. The predicted octanol–water partition coefficient (Wildman–Crippen LogP) is 0.867. The first-order valence-electron chi connectivity index (χ1n) is 8.43. The molecule has 2 amide bonds. The quantitative estimate of drug-likeness (QED) is 0.818. The van der Waals surface area contributed by atoms with Crippen LogP contribution in [0.4, 0.5) is 4.79 Å². The highest BCUT2D eigenvalue weighted by molar-refractivity contribution is 7.88. The predicted molar refractivity (Wildman–Crippen MR) is 88.7 cm³/mol. The third-order valence-electron chi connectivity index (χ3n) is 4.65. The zero-order valence-electron chi connectivity index (χ0n) is 14.3. The lowest BCUT2D eigenvalue weighted by Crippen LogP contribution is -2.53. The van der Waals surface area contributed by atoms with Gasteiger partial charge < -0.3 is 15.0 Å². The van der Waals surface area contributed by atoms with E-state index in [1.54, 1.807) is 0 Å². The maximum Gasteiger partial charge on any atom is 0.317 e. The van der Waals surface area contributed by atoms with Crippen molar-refractivity contribution < 1.29 is 17.9 Å². The summed E-state index contributed by atoms with van der Waals surface area (Å²) in [6.45, 7) is 7.02. The van der Waals surface area contributed by atoms with Gasteiger partial charge in [-0.2, -0.15) is 0 Å². The Labute approximate surface area is 139 Å². The Morgan fingerprint density at radius 1 is 1.26 bits per heavy atom. The summed E-state index contributed by atoms with van der Waals surface area (Å²) in [5.74, 6) is 0.345. The standard InChI is InChI=1S/C15H29N3O4S/c1-4-14-11-17(10-12(2)22-14)15(19)16-9-13-5-7-18(8-6-13)23(3,20)21/h12-14H,4-11H2,1-3H3,(H,16,19)/t12-,14+/m1/s1. The third kappa shape index (κ3) is 5.32. The molecule has 2 fully saturated rings. The summed E-state index contributed by atoms with van der Waals surface area (Å²) in [6.07, 6.45) is 3.92. The average Bonchev–Trinajstić information content (AvgIpc) is 2.51. The van der Waals surface area contributed by atoms with Crippen molar-refractivity contribution in [1.29, 1.82) is 0 Å². The van der Waals surface area contributed by atoms with Gasteiger partial charge in [-0.25, -0.2) is 17.5 Å². The summed E-state index contributed by atoms with van der Waals surface area (Å²) in [7, 11) is -3.09. The maximum atomic E-state index is 12.3. The number of hydrogen-bond acceptors (Lipinski definition) is 4. The molecule has 1 N–H and O–H groups in total. The van der Waals surface area contributed by atoms with Crippen LogP contribution in [-0.4, -0.2) is 74.8 Å². The van der Waals surface area contributed by atoms with E-state index in [4.69, 9.17) is 4.74 Å². The summed E-state index contributed by atoms with van der Waals surface area (Å²) in [6, 6.07) is -0.0378. The summed E-state index contributed by atoms with van der Waals surface area (Å²) < 4.78 is 30.3. The zero-order chi connectivity index (χ0) is 17.0. The van der Waals surface area contributed by atoms with Gasteiger partial charge in [0.15, 0.2) is 0 Å². The van der Waals surface area contributed by atoms with Gasteiger partial charge in [0.1, 0.15) is 0 Å². The highest BCUT2D eigenvalue weighted by Gasteiger charge is 2.29. The molecule has 0 bridgehead atoms. The van der Waals surface area contributed by atoms with E-state index < -0.39 is 10.0 Å². The van der Waals surface area contributed by atoms with Crippen LogP contribution in [0, 0.1) is 5.92 Å². The van der Waals surface area contributed by atoms with E-state index in [-0.39, 0.29) is 18.2 Å². The Kier molecular flexibility index (Phi) is 6.27. The Morgan fingerprint density at radius 3 is 2.48 bits per heavy atom. The number of urea groups is 1. The number of amides is 2. The minimum atomic E-state index is -3.09. The van der Waals surface area contributed by atoms with Crippen LogP contribution in [0.25, 0.3) is 0 Å². The fourth-order valence-corrected chi connectivity index (χ4v) is 4.10. The molecule has 0 unspecified atom stereocenters. The van der Waals surface area contributed by atoms with Gasteiger partial charge in [0.25, 0.3) is 0 Å². The molecule has 0 radical (unpaired) electrons. The van der Waals surface area contributed by atoms with Crippen molar-refractivity contribution in [2.75, 3.05) is 39.0 Å². The molecule has 0 spiro atoms. The minimum Gasteiger partial charge on any atom is -0.372 e. The third-order valence-corrected chi connectivity index (χ3v) is 5.96. The summed E-state index contributed by atoms with van der Waals surface area (Å²) in [5, 5.41) is 3.00. The first-order chi connectivity index (χ1) is 10.8. The van der Waals surface area contributed by atoms with E-state index in [9.17, 15) is 13.2 Å². The first kappa shape index (κ1) is 18.5. The first-order valence-corrected chi connectivity index (χ1v) is 10.3. The molecule has 0 aliphatic carbocycles. The van der Waals surface area contributed by atoms with Crippen LogP contribution in [0.3, 0.4) is 0 Å². The summed E-state index contributed by atoms with van der Waals surface area (Å²) in [4.78, 5) is 14.2. The molecule has 2 aliphatic rings. The number of piperidine rings is 1. The molecule has 8 heteroatoms. The van der Waals surface area contributed by atoms with E-state index >= 15 is 0 Å². The van der Waals surface area contributed by atoms with Crippen LogP contribution in [0.2, 0.25) is 0 Å². The van der Waals surface area contributed by atoms with Gasteiger partial charge in [-0.05, 0) is 32.1 Å². The van der Waals surface area contributed by atoms with E-state index in [1.165, 1.54) is 10.6 Å². The number of sulfonamides is 1. The Bertz CT molecular complexity index is 503. The van der Waals surface area contributed by atoms with Crippen LogP contribution in [0.15, 0.2) is 0 Å². The molecule has 2 heterocycles. The Hall–Kier alpha value is -0.860. The molecule has 2 rings (SSSR count). The van der Waals surface area contributed by atoms with Crippen molar-refractivity contribution in [3.63, 3.8) is 0 Å². The van der Waals surface area contributed by atoms with E-state index in [0.29, 0.717) is 38.6 Å². The second kappa shape index (κ2) is 7.81. The monoisotopic (exact) mass is 347 g/mol. The molecule has 2 saturated heterocycles. The van der Waals surface area contributed by atoms with E-state index in [2.05, 4.69) is 12.2 Å². The van der Waals surface area contributed by atoms with Crippen LogP contribution < -0.4 is 5.32 Å². The maximum absolute atomic E-state index is 12.3. The second-order valence-electron chi connectivity index (χ2n) is 6.67. The summed E-state index contributed by atoms with van der Waals surface area (Å²) >= 11 is 0. The number of nitrogens with one attached hydrogen (secondary N) is 1. The van der Waals surface area contributed by atoms with Crippen LogP contribution in [0.5, 0.6) is 0 Å². The molecule has 0 aromatic heterocycles. The lowest BCUT2D eigenvalue weighted by Gasteiger charge is -2.37. The van der Waals surface area contributed by atoms with Gasteiger partial charge in [0.2, 0.25) is 10.0 Å². The normalized spacial score (nSPS) is 27.9. The number of morpholine rings is 1. The molecular weight excluding hydrogens is 318 g/mol. The van der Waals surface area contributed by atoms with Gasteiger partial charge in [-0.15, -0.1) is 0 Å². The topological polar surface area (TPSA) is 79.0 Å². The van der Waals surface area contributed by atoms with Crippen molar-refractivity contribution in [2.24, 2.45) is 5.92 Å². The number of nitrogens with zero attached hydrogens (tertiary/aromatic N) is 2. The largest absolute Gasteiger partial charge is 0.372 e. The van der Waals surface area contributed by atoms with Crippen LogP contribution in [-0.2, 0) is 14.8 Å². The zero-order valence-corrected chi connectivity index (χ0v) is 15.1. The molecule has 2 atom stereocenters. The minimum absolute atomic E-state index is 0.0378. The van der Waals surface area contributed by atoms with Crippen molar-refractivity contribution in [3.05, 3.63) is 0 Å². The van der Waals surface area contributed by atoms with Crippen LogP contribution in [0.1, 0.15) is 33.1 Å². The van der Waals surface area contributed by atoms with Crippen molar-refractivity contribution in [3.8, 4) is 0 Å². The van der Waals surface area contributed by atoms with E-state index in [0.717, 1.165) is 19.3 Å². The number of rotatable bonds is 4. The van der Waals surface area contributed by atoms with Gasteiger partial charge in [0, 0.05) is 32.7 Å². The molecule has 2 aliphatic heterocycles. The SMILES string of the molecule is CC[C@H]1CN(C(=O)NCC2CCN(S(C)(=O)=O)CC2)C[C@@H](C)O1. The lowest BCUT2D eigenvalue weighted by atomic mass is 9.98. The molecule has 0 aromatic carbocycles. The van der Waals surface area contributed by atoms with Crippen molar-refractivity contribution in [1.82, 2.24) is 14.5 Å². The van der Waals surface area contributed by atoms with Crippen molar-refractivity contribution >= 4 is 16.1 Å². The highest BCUT2D eigenvalue weighted by atomic mass is 32.2. The molecule has 7 nitrogen and oxygen atoms in total. The van der Waals surface area contributed by atoms with Gasteiger partial charge >= 0.3 is 6.03 Å². The Balaban J connectivity index is 1.75. The fourth-order valence-electron chi connectivity index (χ4n) is 3.22. The van der Waals surface area contributed by atoms with Gasteiger partial charge in [-0.3, -0.25) is 0 Å². The molecule has 0 aromatic rings. The molecule has 23 heavy (non-hydrogen) atoms. The number of carbonyl (C=O) groups excluding carboxylic acids is 1. The summed E-state index contributed by atoms with van der Waals surface area (Å²) in [5.41, 5.74) is 0. The van der Waals surface area contributed by atoms with Gasteiger partial charge in [-0.1, -0.05) is 6.92 Å². The second-order valence-corrected chi connectivity index (χ2v) is 8.66. The van der Waals surface area contributed by atoms with Crippen molar-refractivity contribution in [2.45, 2.75) is 45.3 Å². The number of ether oxygens (including phenoxy) is 1. The average molecular weight is 347 g/mol. The molecule has 134 valence electrons. The van der Waals surface area contributed by atoms with Gasteiger partial charge in [0.05, 0.1) is 18.5 Å². The lowest BCUT2D eigenvalue weighted by molar-refractivity contribution is -0.0646. The highest BCUT2D eigenvalue weighted by Crippen LogP contribution is 2.19. The number of carbonyl (C=O) groups is 1.